The Hall–Kier alpha value is -2.56. The lowest BCUT2D eigenvalue weighted by molar-refractivity contribution is 0.294. The van der Waals surface area contributed by atoms with Crippen LogP contribution in [0.1, 0.15) is 18.9 Å². The van der Waals surface area contributed by atoms with Gasteiger partial charge in [-0.2, -0.15) is 5.10 Å². The van der Waals surface area contributed by atoms with Gasteiger partial charge < -0.3 is 9.47 Å². The van der Waals surface area contributed by atoms with E-state index >= 15 is 0 Å². The molecule has 5 heteroatoms. The Labute approximate surface area is 124 Å². The van der Waals surface area contributed by atoms with Crippen LogP contribution in [0, 0.1) is 0 Å². The molecule has 2 rings (SSSR count). The van der Waals surface area contributed by atoms with Crippen LogP contribution in [0.5, 0.6) is 11.5 Å². The summed E-state index contributed by atoms with van der Waals surface area (Å²) in [4.78, 5) is 4.13. The van der Waals surface area contributed by atoms with Gasteiger partial charge >= 0.3 is 0 Å². The van der Waals surface area contributed by atoms with E-state index in [1.54, 1.807) is 19.5 Å². The monoisotopic (exact) mass is 285 g/mol. The fourth-order valence-corrected chi connectivity index (χ4v) is 1.70. The second-order valence-electron chi connectivity index (χ2n) is 4.34. The zero-order valence-corrected chi connectivity index (χ0v) is 12.2. The van der Waals surface area contributed by atoms with E-state index in [9.17, 15) is 0 Å². The predicted octanol–water partition coefficient (Wildman–Crippen LogP) is 3.33. The number of ether oxygens (including phenoxy) is 2. The van der Waals surface area contributed by atoms with Crippen molar-refractivity contribution in [1.82, 2.24) is 4.98 Å². The Morgan fingerprint density at radius 1 is 1.24 bits per heavy atom. The normalized spacial score (nSPS) is 10.6. The molecule has 0 aliphatic heterocycles. The summed E-state index contributed by atoms with van der Waals surface area (Å²) in [6, 6.07) is 11.3. The van der Waals surface area contributed by atoms with Crippen LogP contribution in [-0.4, -0.2) is 24.9 Å². The molecule has 0 saturated heterocycles. The third kappa shape index (κ3) is 4.49. The van der Waals surface area contributed by atoms with Gasteiger partial charge in [-0.25, -0.2) is 4.98 Å². The third-order valence-electron chi connectivity index (χ3n) is 2.71. The summed E-state index contributed by atoms with van der Waals surface area (Å²) in [6.07, 6.45) is 4.37. The fourth-order valence-electron chi connectivity index (χ4n) is 1.70. The highest BCUT2D eigenvalue weighted by Crippen LogP contribution is 2.27. The minimum absolute atomic E-state index is 0.656. The van der Waals surface area contributed by atoms with E-state index in [4.69, 9.17) is 9.47 Å². The maximum absolute atomic E-state index is 5.66. The van der Waals surface area contributed by atoms with Gasteiger partial charge in [0.25, 0.3) is 0 Å². The second-order valence-corrected chi connectivity index (χ2v) is 4.34. The number of anilines is 1. The van der Waals surface area contributed by atoms with E-state index in [-0.39, 0.29) is 0 Å². The van der Waals surface area contributed by atoms with Crippen LogP contribution < -0.4 is 14.9 Å². The minimum Gasteiger partial charge on any atom is -0.493 e. The van der Waals surface area contributed by atoms with Crippen molar-refractivity contribution in [3.63, 3.8) is 0 Å². The SMILES string of the molecule is CCCOc1cc(/C=N\Nc2ccccn2)ccc1OC. The van der Waals surface area contributed by atoms with Gasteiger partial charge in [-0.1, -0.05) is 13.0 Å². The van der Waals surface area contributed by atoms with Gasteiger partial charge in [0.05, 0.1) is 19.9 Å². The molecule has 0 aliphatic rings. The van der Waals surface area contributed by atoms with Crippen LogP contribution in [-0.2, 0) is 0 Å². The number of nitrogens with one attached hydrogen (secondary N) is 1. The van der Waals surface area contributed by atoms with Crippen LogP contribution in [0.25, 0.3) is 0 Å². The second kappa shape index (κ2) is 7.89. The smallest absolute Gasteiger partial charge is 0.161 e. The molecular formula is C16H19N3O2. The van der Waals surface area contributed by atoms with E-state index < -0.39 is 0 Å². The fraction of sp³-hybridized carbons (Fsp3) is 0.250. The maximum atomic E-state index is 5.66. The molecule has 110 valence electrons. The van der Waals surface area contributed by atoms with E-state index in [0.717, 1.165) is 23.5 Å². The first-order valence-corrected chi connectivity index (χ1v) is 6.84. The molecule has 0 saturated carbocycles. The summed E-state index contributed by atoms with van der Waals surface area (Å²) in [7, 11) is 1.63. The lowest BCUT2D eigenvalue weighted by atomic mass is 10.2. The molecule has 0 atom stereocenters. The highest BCUT2D eigenvalue weighted by molar-refractivity contribution is 5.81. The van der Waals surface area contributed by atoms with E-state index in [1.165, 1.54) is 0 Å². The molecular weight excluding hydrogens is 266 g/mol. The molecule has 0 unspecified atom stereocenters. The molecule has 2 aromatic rings. The molecule has 1 aromatic carbocycles. The van der Waals surface area contributed by atoms with Crippen molar-refractivity contribution in [2.75, 3.05) is 19.1 Å². The lowest BCUT2D eigenvalue weighted by Crippen LogP contribution is -1.99. The van der Waals surface area contributed by atoms with Crippen LogP contribution >= 0.6 is 0 Å². The van der Waals surface area contributed by atoms with Crippen molar-refractivity contribution >= 4 is 12.0 Å². The molecule has 0 aliphatic carbocycles. The number of hydrogen-bond donors (Lipinski definition) is 1. The van der Waals surface area contributed by atoms with Gasteiger partial charge in [-0.3, -0.25) is 5.43 Å². The summed E-state index contributed by atoms with van der Waals surface area (Å²) in [6.45, 7) is 2.72. The van der Waals surface area contributed by atoms with Gasteiger partial charge in [0.2, 0.25) is 0 Å². The van der Waals surface area contributed by atoms with E-state index in [1.807, 2.05) is 36.4 Å². The molecule has 1 heterocycles. The van der Waals surface area contributed by atoms with Crippen molar-refractivity contribution in [2.24, 2.45) is 5.10 Å². The molecule has 5 nitrogen and oxygen atoms in total. The van der Waals surface area contributed by atoms with Gasteiger partial charge in [-0.15, -0.1) is 0 Å². The third-order valence-corrected chi connectivity index (χ3v) is 2.71. The highest BCUT2D eigenvalue weighted by atomic mass is 16.5. The summed E-state index contributed by atoms with van der Waals surface area (Å²) in [5, 5.41) is 4.15. The zero-order chi connectivity index (χ0) is 14.9. The van der Waals surface area contributed by atoms with Gasteiger partial charge in [0.1, 0.15) is 5.82 Å². The number of pyridine rings is 1. The topological polar surface area (TPSA) is 55.7 Å². The van der Waals surface area contributed by atoms with Crippen molar-refractivity contribution in [3.05, 3.63) is 48.2 Å². The summed E-state index contributed by atoms with van der Waals surface area (Å²) in [5.41, 5.74) is 3.79. The average Bonchev–Trinajstić information content (AvgIpc) is 2.54. The highest BCUT2D eigenvalue weighted by Gasteiger charge is 2.04. The Kier molecular flexibility index (Phi) is 5.58. The lowest BCUT2D eigenvalue weighted by Gasteiger charge is -2.10. The van der Waals surface area contributed by atoms with Crippen LogP contribution in [0.3, 0.4) is 0 Å². The first-order chi connectivity index (χ1) is 10.3. The predicted molar refractivity (Wildman–Crippen MR) is 84.2 cm³/mol. The van der Waals surface area contributed by atoms with Gasteiger partial charge in [0.15, 0.2) is 11.5 Å². The van der Waals surface area contributed by atoms with E-state index in [0.29, 0.717) is 12.4 Å². The van der Waals surface area contributed by atoms with Gasteiger partial charge in [0, 0.05) is 6.20 Å². The molecule has 0 bridgehead atoms. The van der Waals surface area contributed by atoms with Crippen LogP contribution in [0.4, 0.5) is 5.82 Å². The molecule has 21 heavy (non-hydrogen) atoms. The number of aromatic nitrogens is 1. The minimum atomic E-state index is 0.656. The Balaban J connectivity index is 2.05. The molecule has 1 aromatic heterocycles. The number of hydrogen-bond acceptors (Lipinski definition) is 5. The maximum Gasteiger partial charge on any atom is 0.161 e. The zero-order valence-electron chi connectivity index (χ0n) is 12.2. The standard InChI is InChI=1S/C16H19N3O2/c1-3-10-21-15-11-13(7-8-14(15)20-2)12-18-19-16-6-4-5-9-17-16/h4-9,11-12H,3,10H2,1-2H3,(H,17,19)/b18-12-. The molecule has 0 fully saturated rings. The Morgan fingerprint density at radius 3 is 2.86 bits per heavy atom. The largest absolute Gasteiger partial charge is 0.493 e. The van der Waals surface area contributed by atoms with Gasteiger partial charge in [-0.05, 0) is 42.3 Å². The number of benzene rings is 1. The number of hydrazone groups is 1. The molecule has 0 radical (unpaired) electrons. The van der Waals surface area contributed by atoms with Crippen molar-refractivity contribution in [1.29, 1.82) is 0 Å². The summed E-state index contributed by atoms with van der Waals surface area (Å²) < 4.78 is 10.9. The number of nitrogens with zero attached hydrogens (tertiary/aromatic N) is 2. The number of methoxy groups -OCH3 is 1. The van der Waals surface area contributed by atoms with Crippen LogP contribution in [0.15, 0.2) is 47.7 Å². The Morgan fingerprint density at radius 2 is 2.14 bits per heavy atom. The average molecular weight is 285 g/mol. The molecule has 0 spiro atoms. The molecule has 0 amide bonds. The first kappa shape index (κ1) is 14.8. The van der Waals surface area contributed by atoms with Crippen molar-refractivity contribution in [2.45, 2.75) is 13.3 Å². The molecule has 1 N–H and O–H groups in total. The van der Waals surface area contributed by atoms with E-state index in [2.05, 4.69) is 22.4 Å². The van der Waals surface area contributed by atoms with Crippen LogP contribution in [0.2, 0.25) is 0 Å². The van der Waals surface area contributed by atoms with Crippen molar-refractivity contribution < 1.29 is 9.47 Å². The summed E-state index contributed by atoms with van der Waals surface area (Å²) in [5.74, 6) is 2.14. The van der Waals surface area contributed by atoms with Crippen molar-refractivity contribution in [3.8, 4) is 11.5 Å². The number of rotatable bonds is 7. The summed E-state index contributed by atoms with van der Waals surface area (Å²) >= 11 is 0. The quantitative estimate of drug-likeness (QED) is 0.626. The first-order valence-electron chi connectivity index (χ1n) is 6.84. The Bertz CT molecular complexity index is 585.